The first kappa shape index (κ1) is 31.8. The number of methoxy groups -OCH3 is 1. The molecule has 0 unspecified atom stereocenters. The van der Waals surface area contributed by atoms with E-state index < -0.39 is 28.5 Å². The molecule has 0 saturated carbocycles. The Balaban J connectivity index is 1.80. The molecule has 2 amide bonds. The number of hydrogen-bond donors (Lipinski definition) is 1. The molecule has 0 aliphatic heterocycles. The third-order valence-corrected chi connectivity index (χ3v) is 9.10. The van der Waals surface area contributed by atoms with Crippen LogP contribution in [0.5, 0.6) is 5.75 Å². The first-order valence-electron chi connectivity index (χ1n) is 13.8. The molecule has 0 bridgehead atoms. The molecule has 8 nitrogen and oxygen atoms in total. The highest BCUT2D eigenvalue weighted by molar-refractivity contribution is 9.10. The van der Waals surface area contributed by atoms with E-state index in [0.717, 1.165) is 19.9 Å². The van der Waals surface area contributed by atoms with Gasteiger partial charge in [-0.2, -0.15) is 0 Å². The van der Waals surface area contributed by atoms with Crippen molar-refractivity contribution < 1.29 is 22.7 Å². The average Bonchev–Trinajstić information content (AvgIpc) is 3.02. The summed E-state index contributed by atoms with van der Waals surface area (Å²) in [5.74, 6) is -0.420. The predicted molar refractivity (Wildman–Crippen MR) is 171 cm³/mol. The van der Waals surface area contributed by atoms with Gasteiger partial charge in [0.25, 0.3) is 10.0 Å². The topological polar surface area (TPSA) is 96.0 Å². The predicted octanol–water partition coefficient (Wildman–Crippen LogP) is 5.43. The summed E-state index contributed by atoms with van der Waals surface area (Å²) < 4.78 is 35.3. The molecule has 0 aliphatic carbocycles. The van der Waals surface area contributed by atoms with Crippen LogP contribution in [0.25, 0.3) is 0 Å². The number of halogens is 1. The lowest BCUT2D eigenvalue weighted by atomic mass is 10.0. The van der Waals surface area contributed by atoms with Gasteiger partial charge in [0.1, 0.15) is 18.3 Å². The van der Waals surface area contributed by atoms with Crippen molar-refractivity contribution in [3.8, 4) is 5.75 Å². The van der Waals surface area contributed by atoms with Gasteiger partial charge in [0.2, 0.25) is 11.8 Å². The number of carbonyl (C=O) groups excluding carboxylic acids is 2. The van der Waals surface area contributed by atoms with Crippen LogP contribution in [-0.4, -0.2) is 51.4 Å². The van der Waals surface area contributed by atoms with E-state index in [2.05, 4.69) is 21.2 Å². The number of ether oxygens (including phenoxy) is 1. The molecular formula is C33H34BrN3O5S. The molecule has 10 heteroatoms. The fourth-order valence-electron chi connectivity index (χ4n) is 4.69. The second kappa shape index (κ2) is 14.8. The third-order valence-electron chi connectivity index (χ3n) is 6.82. The summed E-state index contributed by atoms with van der Waals surface area (Å²) in [6.45, 7) is 1.74. The highest BCUT2D eigenvalue weighted by Gasteiger charge is 2.34. The second-order valence-corrected chi connectivity index (χ2v) is 12.6. The Hall–Kier alpha value is -4.15. The van der Waals surface area contributed by atoms with Crippen molar-refractivity contribution in [2.45, 2.75) is 30.8 Å². The number of sulfonamides is 1. The minimum atomic E-state index is -4.18. The molecule has 0 aromatic heterocycles. The van der Waals surface area contributed by atoms with Crippen LogP contribution in [0.15, 0.2) is 119 Å². The summed E-state index contributed by atoms with van der Waals surface area (Å²) in [4.78, 5) is 29.4. The van der Waals surface area contributed by atoms with E-state index >= 15 is 0 Å². The molecule has 224 valence electrons. The number of benzene rings is 4. The number of nitrogens with zero attached hydrogens (tertiary/aromatic N) is 2. The molecule has 0 spiro atoms. The third kappa shape index (κ3) is 8.24. The number of nitrogens with one attached hydrogen (secondary N) is 1. The highest BCUT2D eigenvalue weighted by Crippen LogP contribution is 2.28. The lowest BCUT2D eigenvalue weighted by Crippen LogP contribution is -2.53. The summed E-state index contributed by atoms with van der Waals surface area (Å²) >= 11 is 3.49. The van der Waals surface area contributed by atoms with E-state index in [1.165, 1.54) is 24.1 Å². The van der Waals surface area contributed by atoms with E-state index in [0.29, 0.717) is 12.3 Å². The number of rotatable bonds is 13. The van der Waals surface area contributed by atoms with Crippen LogP contribution in [0, 0.1) is 0 Å². The van der Waals surface area contributed by atoms with Gasteiger partial charge in [0.15, 0.2) is 0 Å². The Morgan fingerprint density at radius 1 is 0.860 bits per heavy atom. The Kier molecular flexibility index (Phi) is 11.0. The lowest BCUT2D eigenvalue weighted by Gasteiger charge is -2.34. The summed E-state index contributed by atoms with van der Waals surface area (Å²) in [7, 11) is -2.69. The molecule has 1 N–H and O–H groups in total. The smallest absolute Gasteiger partial charge is 0.264 e. The highest BCUT2D eigenvalue weighted by atomic mass is 79.9. The van der Waals surface area contributed by atoms with Crippen LogP contribution in [0.3, 0.4) is 0 Å². The second-order valence-electron chi connectivity index (χ2n) is 9.78. The zero-order valence-electron chi connectivity index (χ0n) is 24.0. The number of amides is 2. The van der Waals surface area contributed by atoms with Crippen molar-refractivity contribution in [1.82, 2.24) is 10.2 Å². The van der Waals surface area contributed by atoms with Crippen LogP contribution in [0.4, 0.5) is 5.69 Å². The van der Waals surface area contributed by atoms with Gasteiger partial charge < -0.3 is 15.0 Å². The maximum Gasteiger partial charge on any atom is 0.264 e. The maximum atomic E-state index is 14.4. The molecule has 4 rings (SSSR count). The van der Waals surface area contributed by atoms with E-state index in [4.69, 9.17) is 4.74 Å². The molecule has 0 fully saturated rings. The summed E-state index contributed by atoms with van der Waals surface area (Å²) in [6.07, 6.45) is 0.247. The minimum absolute atomic E-state index is 0.0359. The molecule has 0 radical (unpaired) electrons. The summed E-state index contributed by atoms with van der Waals surface area (Å²) in [6, 6.07) is 30.5. The van der Waals surface area contributed by atoms with Crippen LogP contribution < -0.4 is 14.4 Å². The first-order valence-corrected chi connectivity index (χ1v) is 16.0. The van der Waals surface area contributed by atoms with Gasteiger partial charge in [-0.05, 0) is 54.4 Å². The number of carbonyl (C=O) groups is 2. The Morgan fingerprint density at radius 3 is 2.16 bits per heavy atom. The van der Waals surface area contributed by atoms with Crippen LogP contribution in [-0.2, 0) is 32.6 Å². The fraction of sp³-hybridized carbons (Fsp3) is 0.212. The zero-order valence-corrected chi connectivity index (χ0v) is 26.4. The van der Waals surface area contributed by atoms with Crippen molar-refractivity contribution in [1.29, 1.82) is 0 Å². The lowest BCUT2D eigenvalue weighted by molar-refractivity contribution is -0.140. The largest absolute Gasteiger partial charge is 0.497 e. The first-order chi connectivity index (χ1) is 20.7. The maximum absolute atomic E-state index is 14.4. The molecule has 0 aliphatic rings. The van der Waals surface area contributed by atoms with Gasteiger partial charge in [0, 0.05) is 30.0 Å². The van der Waals surface area contributed by atoms with E-state index in [-0.39, 0.29) is 29.5 Å². The number of hydrogen-bond acceptors (Lipinski definition) is 5. The van der Waals surface area contributed by atoms with E-state index in [1.54, 1.807) is 42.5 Å². The molecular weight excluding hydrogens is 630 g/mol. The monoisotopic (exact) mass is 663 g/mol. The minimum Gasteiger partial charge on any atom is -0.497 e. The van der Waals surface area contributed by atoms with Gasteiger partial charge in [0.05, 0.1) is 17.7 Å². The summed E-state index contributed by atoms with van der Waals surface area (Å²) in [5, 5.41) is 2.86. The number of anilines is 1. The molecule has 43 heavy (non-hydrogen) atoms. The van der Waals surface area contributed by atoms with Gasteiger partial charge in [-0.25, -0.2) is 8.42 Å². The van der Waals surface area contributed by atoms with E-state index in [1.807, 2.05) is 61.5 Å². The Bertz CT molecular complexity index is 1630. The van der Waals surface area contributed by atoms with E-state index in [9.17, 15) is 18.0 Å². The standard InChI is InChI=1S/C33H34BrN3O5S/c1-3-35-33(39)31(21-25-12-6-4-7-13-25)36(23-26-14-10-15-27(34)20-26)32(38)24-37(28-16-11-17-29(22-28)42-2)43(40,41)30-18-8-5-9-19-30/h4-20,22,31H,3,21,23-24H2,1-2H3,(H,35,39)/t31-/m1/s1. The van der Waals surface area contributed by atoms with Crippen molar-refractivity contribution in [2.24, 2.45) is 0 Å². The van der Waals surface area contributed by atoms with Gasteiger partial charge in [-0.3, -0.25) is 13.9 Å². The molecule has 1 atom stereocenters. The summed E-state index contributed by atoms with van der Waals surface area (Å²) in [5.41, 5.74) is 1.91. The van der Waals surface area contributed by atoms with Gasteiger partial charge in [-0.15, -0.1) is 0 Å². The quantitative estimate of drug-likeness (QED) is 0.206. The van der Waals surface area contributed by atoms with Crippen molar-refractivity contribution in [2.75, 3.05) is 24.5 Å². The van der Waals surface area contributed by atoms with Crippen molar-refractivity contribution >= 4 is 43.5 Å². The average molecular weight is 665 g/mol. The molecule has 4 aromatic rings. The van der Waals surface area contributed by atoms with Crippen molar-refractivity contribution in [3.05, 3.63) is 125 Å². The van der Waals surface area contributed by atoms with Gasteiger partial charge >= 0.3 is 0 Å². The van der Waals surface area contributed by atoms with Gasteiger partial charge in [-0.1, -0.05) is 82.7 Å². The normalized spacial score (nSPS) is 11.8. The van der Waals surface area contributed by atoms with Crippen LogP contribution >= 0.6 is 15.9 Å². The van der Waals surface area contributed by atoms with Crippen LogP contribution in [0.2, 0.25) is 0 Å². The fourth-order valence-corrected chi connectivity index (χ4v) is 6.57. The Morgan fingerprint density at radius 2 is 1.51 bits per heavy atom. The van der Waals surface area contributed by atoms with Crippen molar-refractivity contribution in [3.63, 3.8) is 0 Å². The van der Waals surface area contributed by atoms with Crippen LogP contribution in [0.1, 0.15) is 18.1 Å². The molecule has 4 aromatic carbocycles. The SMILES string of the molecule is CCNC(=O)[C@@H](Cc1ccccc1)N(Cc1cccc(Br)c1)C(=O)CN(c1cccc(OC)c1)S(=O)(=O)c1ccccc1. The zero-order chi connectivity index (χ0) is 30.8. The Labute approximate surface area is 261 Å². The number of likely N-dealkylation sites (N-methyl/N-ethyl adjacent to an activating group) is 1. The molecule has 0 saturated heterocycles. The molecule has 0 heterocycles.